The van der Waals surface area contributed by atoms with Gasteiger partial charge in [0.15, 0.2) is 0 Å². The van der Waals surface area contributed by atoms with Crippen LogP contribution in [-0.4, -0.2) is 31.6 Å². The van der Waals surface area contributed by atoms with E-state index in [9.17, 15) is 0 Å². The maximum atomic E-state index is 5.69. The molecule has 2 aromatic rings. The zero-order valence-corrected chi connectivity index (χ0v) is 14.6. The molecule has 0 spiro atoms. The first kappa shape index (κ1) is 17.5. The zero-order chi connectivity index (χ0) is 16.7. The largest absolute Gasteiger partial charge is 0.491 e. The Bertz CT molecular complexity index is 564. The number of hydrogen-bond acceptors (Lipinski definition) is 3. The molecule has 2 aromatic carbocycles. The third kappa shape index (κ3) is 6.05. The number of likely N-dealkylation sites (N-methyl/N-ethyl adjacent to an activating group) is 1. The van der Waals surface area contributed by atoms with E-state index in [0.29, 0.717) is 6.04 Å². The number of benzene rings is 2. The fourth-order valence-corrected chi connectivity index (χ4v) is 2.54. The van der Waals surface area contributed by atoms with Crippen molar-refractivity contribution in [3.05, 3.63) is 65.7 Å². The van der Waals surface area contributed by atoms with Crippen LogP contribution in [0.3, 0.4) is 0 Å². The molecule has 0 saturated heterocycles. The summed E-state index contributed by atoms with van der Waals surface area (Å²) in [5, 5.41) is 3.66. The molecule has 1 atom stereocenters. The van der Waals surface area contributed by atoms with Gasteiger partial charge in [-0.2, -0.15) is 0 Å². The van der Waals surface area contributed by atoms with Crippen LogP contribution in [0.25, 0.3) is 0 Å². The Morgan fingerprint density at radius 1 is 0.957 bits per heavy atom. The molecule has 1 unspecified atom stereocenters. The minimum Gasteiger partial charge on any atom is -0.491 e. The van der Waals surface area contributed by atoms with E-state index in [1.807, 2.05) is 26.0 Å². The van der Waals surface area contributed by atoms with Crippen molar-refractivity contribution in [2.75, 3.05) is 20.6 Å². The molecule has 0 heterocycles. The molecule has 0 aliphatic carbocycles. The lowest BCUT2D eigenvalue weighted by Gasteiger charge is -2.23. The van der Waals surface area contributed by atoms with Gasteiger partial charge in [-0.1, -0.05) is 42.5 Å². The Morgan fingerprint density at radius 3 is 2.17 bits per heavy atom. The molecule has 1 N–H and O–H groups in total. The van der Waals surface area contributed by atoms with E-state index in [1.165, 1.54) is 11.1 Å². The minimum atomic E-state index is 0.210. The lowest BCUT2D eigenvalue weighted by molar-refractivity contribution is 0.242. The predicted octanol–water partition coefficient (Wildman–Crippen LogP) is 3.87. The fourth-order valence-electron chi connectivity index (χ4n) is 2.54. The highest BCUT2D eigenvalue weighted by atomic mass is 16.5. The summed E-state index contributed by atoms with van der Waals surface area (Å²) in [5.41, 5.74) is 2.58. The molecular formula is C20H28N2O. The van der Waals surface area contributed by atoms with Crippen LogP contribution in [0.15, 0.2) is 54.6 Å². The molecule has 0 radical (unpaired) electrons. The maximum absolute atomic E-state index is 5.69. The van der Waals surface area contributed by atoms with Crippen LogP contribution in [0.1, 0.15) is 31.0 Å². The number of nitrogens with zero attached hydrogens (tertiary/aromatic N) is 1. The van der Waals surface area contributed by atoms with E-state index < -0.39 is 0 Å². The maximum Gasteiger partial charge on any atom is 0.119 e. The summed E-state index contributed by atoms with van der Waals surface area (Å²) >= 11 is 0. The van der Waals surface area contributed by atoms with E-state index >= 15 is 0 Å². The van der Waals surface area contributed by atoms with Crippen molar-refractivity contribution in [3.63, 3.8) is 0 Å². The van der Waals surface area contributed by atoms with E-state index in [4.69, 9.17) is 4.74 Å². The molecule has 3 heteroatoms. The van der Waals surface area contributed by atoms with Gasteiger partial charge in [-0.25, -0.2) is 0 Å². The first-order chi connectivity index (χ1) is 11.0. The van der Waals surface area contributed by atoms with Gasteiger partial charge in [-0.05, 0) is 51.2 Å². The van der Waals surface area contributed by atoms with E-state index in [2.05, 4.69) is 66.8 Å². The van der Waals surface area contributed by atoms with Gasteiger partial charge in [0.25, 0.3) is 0 Å². The van der Waals surface area contributed by atoms with Crippen LogP contribution in [0.5, 0.6) is 5.75 Å². The van der Waals surface area contributed by atoms with Crippen LogP contribution < -0.4 is 10.1 Å². The topological polar surface area (TPSA) is 24.5 Å². The number of ether oxygens (including phenoxy) is 1. The quantitative estimate of drug-likeness (QED) is 0.801. The summed E-state index contributed by atoms with van der Waals surface area (Å²) in [6, 6.07) is 19.3. The lowest BCUT2D eigenvalue weighted by Crippen LogP contribution is -2.30. The summed E-state index contributed by atoms with van der Waals surface area (Å²) in [7, 11) is 4.21. The molecule has 3 nitrogen and oxygen atoms in total. The van der Waals surface area contributed by atoms with Gasteiger partial charge >= 0.3 is 0 Å². The second-order valence-electron chi connectivity index (χ2n) is 6.42. The summed E-state index contributed by atoms with van der Waals surface area (Å²) in [5.74, 6) is 0.927. The second kappa shape index (κ2) is 8.70. The van der Waals surface area contributed by atoms with E-state index in [0.717, 1.165) is 18.8 Å². The van der Waals surface area contributed by atoms with Crippen molar-refractivity contribution >= 4 is 0 Å². The van der Waals surface area contributed by atoms with Gasteiger partial charge in [0.2, 0.25) is 0 Å². The normalized spacial score (nSPS) is 12.6. The Labute approximate surface area is 140 Å². The highest BCUT2D eigenvalue weighted by Crippen LogP contribution is 2.17. The zero-order valence-electron chi connectivity index (χ0n) is 14.6. The molecule has 2 rings (SSSR count). The monoisotopic (exact) mass is 312 g/mol. The molecule has 124 valence electrons. The van der Waals surface area contributed by atoms with Crippen LogP contribution in [0.2, 0.25) is 0 Å². The highest BCUT2D eigenvalue weighted by molar-refractivity contribution is 5.28. The first-order valence-corrected chi connectivity index (χ1v) is 8.23. The highest BCUT2D eigenvalue weighted by Gasteiger charge is 2.11. The van der Waals surface area contributed by atoms with Crippen LogP contribution >= 0.6 is 0 Å². The second-order valence-corrected chi connectivity index (χ2v) is 6.42. The van der Waals surface area contributed by atoms with Crippen molar-refractivity contribution in [2.45, 2.75) is 32.5 Å². The molecule has 0 aromatic heterocycles. The molecule has 23 heavy (non-hydrogen) atoms. The van der Waals surface area contributed by atoms with Crippen molar-refractivity contribution in [1.29, 1.82) is 0 Å². The number of rotatable bonds is 8. The molecule has 0 aliphatic heterocycles. The average Bonchev–Trinajstić information content (AvgIpc) is 2.53. The summed E-state index contributed by atoms with van der Waals surface area (Å²) in [4.78, 5) is 2.21. The fraction of sp³-hybridized carbons (Fsp3) is 0.400. The SMILES string of the molecule is CC(C)Oc1ccc(CNC(CN(C)C)c2ccccc2)cc1. The first-order valence-electron chi connectivity index (χ1n) is 8.23. The van der Waals surface area contributed by atoms with Crippen LogP contribution in [0.4, 0.5) is 0 Å². The average molecular weight is 312 g/mol. The third-order valence-electron chi connectivity index (χ3n) is 3.60. The molecule has 0 amide bonds. The van der Waals surface area contributed by atoms with Crippen LogP contribution in [-0.2, 0) is 6.54 Å². The molecule has 0 saturated carbocycles. The molecular weight excluding hydrogens is 284 g/mol. The third-order valence-corrected chi connectivity index (χ3v) is 3.60. The van der Waals surface area contributed by atoms with Gasteiger partial charge in [-0.15, -0.1) is 0 Å². The predicted molar refractivity (Wildman–Crippen MR) is 96.8 cm³/mol. The van der Waals surface area contributed by atoms with Crippen molar-refractivity contribution in [2.24, 2.45) is 0 Å². The van der Waals surface area contributed by atoms with Crippen molar-refractivity contribution in [1.82, 2.24) is 10.2 Å². The van der Waals surface area contributed by atoms with Gasteiger partial charge in [0.1, 0.15) is 5.75 Å². The summed E-state index contributed by atoms with van der Waals surface area (Å²) < 4.78 is 5.69. The number of nitrogens with one attached hydrogen (secondary N) is 1. The van der Waals surface area contributed by atoms with Gasteiger partial charge < -0.3 is 15.0 Å². The van der Waals surface area contributed by atoms with Gasteiger partial charge in [0.05, 0.1) is 6.10 Å². The van der Waals surface area contributed by atoms with Crippen LogP contribution in [0, 0.1) is 0 Å². The molecule has 0 bridgehead atoms. The Kier molecular flexibility index (Phi) is 6.63. The summed E-state index contributed by atoms with van der Waals surface area (Å²) in [6.07, 6.45) is 0.210. The lowest BCUT2D eigenvalue weighted by atomic mass is 10.1. The summed E-state index contributed by atoms with van der Waals surface area (Å²) in [6.45, 7) is 5.90. The molecule has 0 fully saturated rings. The van der Waals surface area contributed by atoms with Gasteiger partial charge in [0, 0.05) is 19.1 Å². The van der Waals surface area contributed by atoms with E-state index in [1.54, 1.807) is 0 Å². The smallest absolute Gasteiger partial charge is 0.119 e. The van der Waals surface area contributed by atoms with Crippen molar-refractivity contribution < 1.29 is 4.74 Å². The Hall–Kier alpha value is -1.84. The number of hydrogen-bond donors (Lipinski definition) is 1. The standard InChI is InChI=1S/C20H28N2O/c1-16(2)23-19-12-10-17(11-13-19)14-21-20(15-22(3)4)18-8-6-5-7-9-18/h5-13,16,20-21H,14-15H2,1-4H3. The Morgan fingerprint density at radius 2 is 1.61 bits per heavy atom. The Balaban J connectivity index is 1.98. The van der Waals surface area contributed by atoms with Gasteiger partial charge in [-0.3, -0.25) is 0 Å². The van der Waals surface area contributed by atoms with E-state index in [-0.39, 0.29) is 6.10 Å². The minimum absolute atomic E-state index is 0.210. The molecule has 0 aliphatic rings. The van der Waals surface area contributed by atoms with Crippen molar-refractivity contribution in [3.8, 4) is 5.75 Å².